The summed E-state index contributed by atoms with van der Waals surface area (Å²) in [6, 6.07) is 0. The highest BCUT2D eigenvalue weighted by Gasteiger charge is 2.48. The molecular formula is C50H102O6Si. The van der Waals surface area contributed by atoms with Crippen LogP contribution in [0.5, 0.6) is 0 Å². The minimum absolute atomic E-state index is 0.0491. The largest absolute Gasteiger partial charge is 0.411 e. The summed E-state index contributed by atoms with van der Waals surface area (Å²) in [5.41, 5.74) is 0. The summed E-state index contributed by atoms with van der Waals surface area (Å²) < 4.78 is 31.5. The summed E-state index contributed by atoms with van der Waals surface area (Å²) in [5.74, 6) is -1.06. The third kappa shape index (κ3) is 24.3. The lowest BCUT2D eigenvalue weighted by Gasteiger charge is -2.41. The molecule has 0 bridgehead atoms. The molecule has 1 N–H and O–H groups in total. The highest BCUT2D eigenvalue weighted by molar-refractivity contribution is 6.74. The first-order chi connectivity index (χ1) is 26.9. The second-order valence-electron chi connectivity index (χ2n) is 20.4. The molecule has 2 aliphatic rings. The standard InChI is InChI=1S/C28H58O3Si.C22H44O3/c1-10-12-13-14-15-16-17-18-19-20-21-22-23-25-26(30-28(6,7)29-25)24(11-2)31-32(8,9)27(3,4)5;1-5-7-8-9-10-11-12-13-14-15-16-17-18-20-21(19(23)6-2)25-22(3,4)24-20/h24-26H,10-23H2,1-9H3;19-21,23H,5-18H2,1-4H3/t24-,25+,26-;19-,20+,21-/m00/s1. The molecule has 57 heavy (non-hydrogen) atoms. The van der Waals surface area contributed by atoms with Crippen LogP contribution in [0, 0.1) is 0 Å². The van der Waals surface area contributed by atoms with Gasteiger partial charge < -0.3 is 28.5 Å². The Hall–Kier alpha value is -0.0231. The normalized spacial score (nSPS) is 23.1. The summed E-state index contributed by atoms with van der Waals surface area (Å²) in [4.78, 5) is 0. The molecule has 6 nitrogen and oxygen atoms in total. The maximum Gasteiger partial charge on any atom is 0.192 e. The van der Waals surface area contributed by atoms with Gasteiger partial charge in [-0.1, -0.05) is 203 Å². The van der Waals surface area contributed by atoms with Gasteiger partial charge in [-0.3, -0.25) is 0 Å². The van der Waals surface area contributed by atoms with E-state index in [2.05, 4.69) is 68.5 Å². The Morgan fingerprint density at radius 3 is 1.12 bits per heavy atom. The van der Waals surface area contributed by atoms with Gasteiger partial charge in [0.05, 0.1) is 24.4 Å². The molecule has 2 rings (SSSR count). The Labute approximate surface area is 357 Å². The SMILES string of the molecule is CCCCCCCCCCCCCC[C@H]1OC(C)(C)O[C@H]1[C@@H](O)CC.CCCCCCCCCCCCCC[C@H]1OC(C)(C)O[C@H]1[C@H](CC)O[Si](C)(C)C(C)(C)C. The van der Waals surface area contributed by atoms with Gasteiger partial charge in [-0.15, -0.1) is 0 Å². The van der Waals surface area contributed by atoms with Crippen molar-refractivity contribution in [3.8, 4) is 0 Å². The molecule has 0 radical (unpaired) electrons. The van der Waals surface area contributed by atoms with Gasteiger partial charge in [0, 0.05) is 0 Å². The average molecular weight is 827 g/mol. The molecule has 0 aromatic carbocycles. The minimum atomic E-state index is -1.84. The maximum atomic E-state index is 10.1. The van der Waals surface area contributed by atoms with E-state index in [0.29, 0.717) is 0 Å². The van der Waals surface area contributed by atoms with E-state index in [9.17, 15) is 5.11 Å². The summed E-state index contributed by atoms with van der Waals surface area (Å²) >= 11 is 0. The lowest BCUT2D eigenvalue weighted by Crippen LogP contribution is -2.49. The molecule has 0 amide bonds. The van der Waals surface area contributed by atoms with Crippen LogP contribution in [-0.4, -0.2) is 61.6 Å². The molecule has 0 spiro atoms. The van der Waals surface area contributed by atoms with Crippen LogP contribution in [0.25, 0.3) is 0 Å². The van der Waals surface area contributed by atoms with Crippen molar-refractivity contribution in [2.45, 2.75) is 322 Å². The third-order valence-corrected chi connectivity index (χ3v) is 17.5. The van der Waals surface area contributed by atoms with E-state index in [1.165, 1.54) is 154 Å². The molecule has 2 aliphatic heterocycles. The lowest BCUT2D eigenvalue weighted by molar-refractivity contribution is -0.155. The van der Waals surface area contributed by atoms with Crippen molar-refractivity contribution < 1.29 is 28.5 Å². The zero-order chi connectivity index (χ0) is 42.8. The topological polar surface area (TPSA) is 66.4 Å². The fraction of sp³-hybridized carbons (Fsp3) is 1.00. The Balaban J connectivity index is 0.000000587. The molecular weight excluding hydrogens is 725 g/mol. The van der Waals surface area contributed by atoms with Crippen LogP contribution < -0.4 is 0 Å². The zero-order valence-electron chi connectivity index (χ0n) is 40.8. The molecule has 0 saturated carbocycles. The lowest BCUT2D eigenvalue weighted by atomic mass is 9.99. The molecule has 0 unspecified atom stereocenters. The number of aliphatic hydroxyl groups is 1. The Morgan fingerprint density at radius 1 is 0.491 bits per heavy atom. The van der Waals surface area contributed by atoms with Crippen molar-refractivity contribution in [1.82, 2.24) is 0 Å². The highest BCUT2D eigenvalue weighted by Crippen LogP contribution is 2.41. The summed E-state index contributed by atoms with van der Waals surface area (Å²) in [6.07, 6.45) is 36.6. The van der Waals surface area contributed by atoms with Crippen LogP contribution in [0.1, 0.15) is 256 Å². The number of rotatable bonds is 32. The zero-order valence-corrected chi connectivity index (χ0v) is 41.8. The summed E-state index contributed by atoms with van der Waals surface area (Å²) in [6.45, 7) is 28.4. The van der Waals surface area contributed by atoms with Gasteiger partial charge in [0.1, 0.15) is 12.2 Å². The smallest absolute Gasteiger partial charge is 0.192 e. The van der Waals surface area contributed by atoms with E-state index >= 15 is 0 Å². The van der Waals surface area contributed by atoms with Crippen LogP contribution in [0.4, 0.5) is 0 Å². The number of unbranched alkanes of at least 4 members (excludes halogenated alkanes) is 22. The first-order valence-electron chi connectivity index (χ1n) is 25.0. The summed E-state index contributed by atoms with van der Waals surface area (Å²) in [7, 11) is -1.84. The van der Waals surface area contributed by atoms with E-state index < -0.39 is 26.0 Å². The van der Waals surface area contributed by atoms with Gasteiger partial charge in [-0.25, -0.2) is 0 Å². The number of ether oxygens (including phenoxy) is 4. The first kappa shape index (κ1) is 55.0. The average Bonchev–Trinajstić information content (AvgIpc) is 3.63. The molecule has 6 atom stereocenters. The molecule has 2 fully saturated rings. The fourth-order valence-corrected chi connectivity index (χ4v) is 9.77. The van der Waals surface area contributed by atoms with E-state index in [1.807, 2.05) is 20.8 Å². The molecule has 0 aromatic heterocycles. The van der Waals surface area contributed by atoms with Crippen LogP contribution in [0.3, 0.4) is 0 Å². The second kappa shape index (κ2) is 30.1. The molecule has 0 aliphatic carbocycles. The molecule has 2 heterocycles. The minimum Gasteiger partial charge on any atom is -0.411 e. The molecule has 0 aromatic rings. The Morgan fingerprint density at radius 2 is 0.807 bits per heavy atom. The number of aliphatic hydroxyl groups excluding tert-OH is 1. The fourth-order valence-electron chi connectivity index (χ4n) is 8.36. The van der Waals surface area contributed by atoms with Gasteiger partial charge in [-0.2, -0.15) is 0 Å². The van der Waals surface area contributed by atoms with Gasteiger partial charge >= 0.3 is 0 Å². The molecule has 2 saturated heterocycles. The molecule has 7 heteroatoms. The van der Waals surface area contributed by atoms with Crippen molar-refractivity contribution in [2.24, 2.45) is 0 Å². The van der Waals surface area contributed by atoms with Gasteiger partial charge in [-0.05, 0) is 71.5 Å². The van der Waals surface area contributed by atoms with Crippen molar-refractivity contribution >= 4 is 8.32 Å². The van der Waals surface area contributed by atoms with Crippen molar-refractivity contribution in [3.63, 3.8) is 0 Å². The number of hydrogen-bond acceptors (Lipinski definition) is 6. The van der Waals surface area contributed by atoms with Gasteiger partial charge in [0.2, 0.25) is 0 Å². The van der Waals surface area contributed by atoms with E-state index in [4.69, 9.17) is 23.4 Å². The van der Waals surface area contributed by atoms with Crippen LogP contribution in [0.15, 0.2) is 0 Å². The van der Waals surface area contributed by atoms with Crippen LogP contribution >= 0.6 is 0 Å². The molecule has 342 valence electrons. The van der Waals surface area contributed by atoms with Crippen molar-refractivity contribution in [1.29, 1.82) is 0 Å². The predicted molar refractivity (Wildman–Crippen MR) is 248 cm³/mol. The highest BCUT2D eigenvalue weighted by atomic mass is 28.4. The van der Waals surface area contributed by atoms with Crippen LogP contribution in [-0.2, 0) is 23.4 Å². The quantitative estimate of drug-likeness (QED) is 0.0538. The number of hydrogen-bond donors (Lipinski definition) is 1. The second-order valence-corrected chi connectivity index (χ2v) is 25.2. The van der Waals surface area contributed by atoms with Gasteiger partial charge in [0.25, 0.3) is 0 Å². The van der Waals surface area contributed by atoms with E-state index in [0.717, 1.165) is 25.7 Å². The first-order valence-corrected chi connectivity index (χ1v) is 27.9. The Bertz CT molecular complexity index is 948. The Kier molecular flexibility index (Phi) is 29.0. The van der Waals surface area contributed by atoms with Gasteiger partial charge in [0.15, 0.2) is 19.9 Å². The van der Waals surface area contributed by atoms with Crippen molar-refractivity contribution in [3.05, 3.63) is 0 Å². The van der Waals surface area contributed by atoms with E-state index in [-0.39, 0.29) is 35.6 Å². The summed E-state index contributed by atoms with van der Waals surface area (Å²) in [5, 5.41) is 10.4. The maximum absolute atomic E-state index is 10.1. The third-order valence-electron chi connectivity index (χ3n) is 12.9. The van der Waals surface area contributed by atoms with E-state index in [1.54, 1.807) is 0 Å². The monoisotopic (exact) mass is 827 g/mol. The van der Waals surface area contributed by atoms with Crippen LogP contribution in [0.2, 0.25) is 18.1 Å². The predicted octanol–water partition coefficient (Wildman–Crippen LogP) is 15.8. The van der Waals surface area contributed by atoms with Crippen molar-refractivity contribution in [2.75, 3.05) is 0 Å².